The fourth-order valence-corrected chi connectivity index (χ4v) is 4.49. The molecule has 0 saturated heterocycles. The molecule has 5 rings (SSSR count). The second-order valence-electron chi connectivity index (χ2n) is 7.88. The Bertz CT molecular complexity index is 1360. The van der Waals surface area contributed by atoms with Crippen LogP contribution in [0.1, 0.15) is 51.7 Å². The zero-order valence-corrected chi connectivity index (χ0v) is 17.3. The minimum absolute atomic E-state index is 0.149. The molecule has 0 fully saturated rings. The summed E-state index contributed by atoms with van der Waals surface area (Å²) in [5.74, 6) is 0.276. The standard InChI is InChI=1S/C24H23N5O2/c1-2-29-20-9-8-15(11-18(20)17-4-3-5-21(30)22(17)29)23(31)26-12-14-6-7-16-13-27-24(25)28-19(16)10-14/h6-11,13H,2-5,12H2,1H3,(H,26,31)(H2,25,27,28). The van der Waals surface area contributed by atoms with Gasteiger partial charge in [0, 0.05) is 47.6 Å². The Morgan fingerprint density at radius 3 is 2.90 bits per heavy atom. The van der Waals surface area contributed by atoms with Crippen LogP contribution in [0.2, 0.25) is 0 Å². The number of nitrogen functional groups attached to an aromatic ring is 1. The molecule has 2 aromatic heterocycles. The van der Waals surface area contributed by atoms with Gasteiger partial charge in [0.25, 0.3) is 5.91 Å². The van der Waals surface area contributed by atoms with Gasteiger partial charge in [0.15, 0.2) is 5.78 Å². The van der Waals surface area contributed by atoms with Gasteiger partial charge in [0.05, 0.1) is 11.2 Å². The molecule has 31 heavy (non-hydrogen) atoms. The molecule has 0 bridgehead atoms. The highest BCUT2D eigenvalue weighted by atomic mass is 16.1. The maximum absolute atomic E-state index is 12.9. The number of hydrogen-bond donors (Lipinski definition) is 2. The zero-order chi connectivity index (χ0) is 21.5. The van der Waals surface area contributed by atoms with Crippen LogP contribution in [-0.4, -0.2) is 26.2 Å². The molecule has 7 nitrogen and oxygen atoms in total. The molecule has 0 saturated carbocycles. The van der Waals surface area contributed by atoms with Gasteiger partial charge in [0.1, 0.15) is 0 Å². The predicted octanol–water partition coefficient (Wildman–Crippen LogP) is 3.64. The van der Waals surface area contributed by atoms with Crippen molar-refractivity contribution in [3.8, 4) is 0 Å². The average Bonchev–Trinajstić information content (AvgIpc) is 3.11. The van der Waals surface area contributed by atoms with Crippen molar-refractivity contribution in [1.82, 2.24) is 19.9 Å². The lowest BCUT2D eigenvalue weighted by Gasteiger charge is -2.13. The van der Waals surface area contributed by atoms with Crippen LogP contribution in [0, 0.1) is 0 Å². The van der Waals surface area contributed by atoms with Gasteiger partial charge in [-0.2, -0.15) is 0 Å². The quantitative estimate of drug-likeness (QED) is 0.532. The van der Waals surface area contributed by atoms with Crippen LogP contribution in [0.25, 0.3) is 21.8 Å². The van der Waals surface area contributed by atoms with Crippen molar-refractivity contribution in [2.24, 2.45) is 0 Å². The van der Waals surface area contributed by atoms with Gasteiger partial charge < -0.3 is 15.6 Å². The summed E-state index contributed by atoms with van der Waals surface area (Å²) in [6.45, 7) is 3.16. The molecule has 1 aliphatic carbocycles. The van der Waals surface area contributed by atoms with E-state index < -0.39 is 0 Å². The van der Waals surface area contributed by atoms with Gasteiger partial charge in [-0.05, 0) is 55.2 Å². The number of hydrogen-bond acceptors (Lipinski definition) is 5. The van der Waals surface area contributed by atoms with Crippen LogP contribution in [0.3, 0.4) is 0 Å². The summed E-state index contributed by atoms with van der Waals surface area (Å²) in [6, 6.07) is 11.5. The van der Waals surface area contributed by atoms with E-state index in [0.29, 0.717) is 18.5 Å². The normalized spacial score (nSPS) is 13.5. The average molecular weight is 413 g/mol. The van der Waals surface area contributed by atoms with Crippen molar-refractivity contribution >= 4 is 39.4 Å². The molecule has 2 heterocycles. The maximum Gasteiger partial charge on any atom is 0.251 e. The van der Waals surface area contributed by atoms with E-state index in [1.165, 1.54) is 0 Å². The third kappa shape index (κ3) is 3.32. The number of aryl methyl sites for hydroxylation is 2. The minimum atomic E-state index is -0.149. The van der Waals surface area contributed by atoms with E-state index in [4.69, 9.17) is 5.73 Å². The van der Waals surface area contributed by atoms with Crippen molar-refractivity contribution in [1.29, 1.82) is 0 Å². The van der Waals surface area contributed by atoms with Crippen molar-refractivity contribution in [2.45, 2.75) is 39.3 Å². The Morgan fingerprint density at radius 2 is 2.06 bits per heavy atom. The second-order valence-corrected chi connectivity index (χ2v) is 7.88. The Kier molecular flexibility index (Phi) is 4.66. The summed E-state index contributed by atoms with van der Waals surface area (Å²) in [5.41, 5.74) is 10.9. The van der Waals surface area contributed by atoms with Gasteiger partial charge in [-0.1, -0.05) is 12.1 Å². The molecule has 0 atom stereocenters. The van der Waals surface area contributed by atoms with Gasteiger partial charge in [-0.15, -0.1) is 0 Å². The van der Waals surface area contributed by atoms with Crippen molar-refractivity contribution in [3.63, 3.8) is 0 Å². The third-order valence-corrected chi connectivity index (χ3v) is 5.96. The van der Waals surface area contributed by atoms with Crippen LogP contribution in [-0.2, 0) is 19.5 Å². The highest BCUT2D eigenvalue weighted by Crippen LogP contribution is 2.32. The first-order valence-electron chi connectivity index (χ1n) is 10.5. The Morgan fingerprint density at radius 1 is 1.19 bits per heavy atom. The Balaban J connectivity index is 1.42. The lowest BCUT2D eigenvalue weighted by Crippen LogP contribution is -2.22. The summed E-state index contributed by atoms with van der Waals surface area (Å²) in [4.78, 5) is 33.6. The van der Waals surface area contributed by atoms with E-state index in [-0.39, 0.29) is 17.6 Å². The molecule has 2 aromatic carbocycles. The van der Waals surface area contributed by atoms with E-state index in [0.717, 1.165) is 58.0 Å². The molecule has 1 aliphatic rings. The number of Topliss-reactive ketones (excluding diaryl/α,β-unsaturated/α-hetero) is 1. The number of nitrogens with zero attached hydrogens (tertiary/aromatic N) is 3. The summed E-state index contributed by atoms with van der Waals surface area (Å²) in [6.07, 6.45) is 4.01. The first-order valence-corrected chi connectivity index (χ1v) is 10.5. The number of nitrogens with two attached hydrogens (primary N) is 1. The van der Waals surface area contributed by atoms with Gasteiger partial charge in [-0.25, -0.2) is 9.97 Å². The number of ketones is 1. The van der Waals surface area contributed by atoms with Crippen LogP contribution < -0.4 is 11.1 Å². The first-order chi connectivity index (χ1) is 15.0. The fourth-order valence-electron chi connectivity index (χ4n) is 4.49. The molecule has 156 valence electrons. The molecule has 0 radical (unpaired) electrons. The lowest BCUT2D eigenvalue weighted by atomic mass is 9.94. The van der Waals surface area contributed by atoms with Gasteiger partial charge in [0.2, 0.25) is 5.95 Å². The van der Waals surface area contributed by atoms with Crippen LogP contribution in [0.4, 0.5) is 5.95 Å². The molecule has 0 spiro atoms. The first kappa shape index (κ1) is 19.2. The molecule has 7 heteroatoms. The molecule has 0 unspecified atom stereocenters. The van der Waals surface area contributed by atoms with E-state index >= 15 is 0 Å². The smallest absolute Gasteiger partial charge is 0.251 e. The molecule has 1 amide bonds. The fraction of sp³-hybridized carbons (Fsp3) is 0.250. The topological polar surface area (TPSA) is 103 Å². The minimum Gasteiger partial charge on any atom is -0.368 e. The molecule has 4 aromatic rings. The number of fused-ring (bicyclic) bond motifs is 4. The van der Waals surface area contributed by atoms with Crippen molar-refractivity contribution < 1.29 is 9.59 Å². The number of carbonyl (C=O) groups excluding carboxylic acids is 2. The van der Waals surface area contributed by atoms with E-state index in [2.05, 4.69) is 19.9 Å². The molecular weight excluding hydrogens is 390 g/mol. The number of benzene rings is 2. The maximum atomic E-state index is 12.9. The van der Waals surface area contributed by atoms with Crippen LogP contribution in [0.5, 0.6) is 0 Å². The number of rotatable bonds is 4. The molecule has 3 N–H and O–H groups in total. The van der Waals surface area contributed by atoms with Crippen LogP contribution in [0.15, 0.2) is 42.6 Å². The highest BCUT2D eigenvalue weighted by Gasteiger charge is 2.25. The monoisotopic (exact) mass is 413 g/mol. The van der Waals surface area contributed by atoms with Gasteiger partial charge >= 0.3 is 0 Å². The lowest BCUT2D eigenvalue weighted by molar-refractivity contribution is 0.0947. The Labute approximate surface area is 179 Å². The SMILES string of the molecule is CCn1c2c(c3cc(C(=O)NCc4ccc5cnc(N)nc5c4)ccc31)CCCC2=O. The molecular formula is C24H23N5O2. The largest absolute Gasteiger partial charge is 0.368 e. The van der Waals surface area contributed by atoms with Crippen LogP contribution >= 0.6 is 0 Å². The zero-order valence-electron chi connectivity index (χ0n) is 17.3. The Hall–Kier alpha value is -3.74. The van der Waals surface area contributed by atoms with E-state index in [1.807, 2.05) is 43.3 Å². The number of anilines is 1. The second kappa shape index (κ2) is 7.50. The molecule has 0 aliphatic heterocycles. The number of carbonyl (C=O) groups is 2. The van der Waals surface area contributed by atoms with Gasteiger partial charge in [-0.3, -0.25) is 9.59 Å². The van der Waals surface area contributed by atoms with E-state index in [9.17, 15) is 9.59 Å². The van der Waals surface area contributed by atoms with E-state index in [1.54, 1.807) is 6.20 Å². The predicted molar refractivity (Wildman–Crippen MR) is 120 cm³/mol. The summed E-state index contributed by atoms with van der Waals surface area (Å²) in [5, 5.41) is 4.89. The summed E-state index contributed by atoms with van der Waals surface area (Å²) >= 11 is 0. The van der Waals surface area contributed by atoms with Crippen molar-refractivity contribution in [2.75, 3.05) is 5.73 Å². The number of aromatic nitrogens is 3. The summed E-state index contributed by atoms with van der Waals surface area (Å²) in [7, 11) is 0. The van der Waals surface area contributed by atoms with Crippen molar-refractivity contribution in [3.05, 3.63) is 65.0 Å². The highest BCUT2D eigenvalue weighted by molar-refractivity contribution is 6.06. The number of nitrogens with one attached hydrogen (secondary N) is 1. The number of amides is 1. The third-order valence-electron chi connectivity index (χ3n) is 5.96. The summed E-state index contributed by atoms with van der Waals surface area (Å²) < 4.78 is 2.08.